The Bertz CT molecular complexity index is 182. The molecule has 0 saturated carbocycles. The van der Waals surface area contributed by atoms with Gasteiger partial charge in [0.2, 0.25) is 5.25 Å². The summed E-state index contributed by atoms with van der Waals surface area (Å²) in [6, 6.07) is 0. The van der Waals surface area contributed by atoms with Gasteiger partial charge in [0.25, 0.3) is 0 Å². The summed E-state index contributed by atoms with van der Waals surface area (Å²) in [5, 5.41) is 7.06. The summed E-state index contributed by atoms with van der Waals surface area (Å²) in [6.45, 7) is 1.12. The predicted octanol–water partition coefficient (Wildman–Crippen LogP) is 1.16. The Hall–Kier alpha value is -0.430. The molecule has 7 heteroatoms. The van der Waals surface area contributed by atoms with Crippen LogP contribution in [-0.2, 0) is 16.0 Å². The molecule has 0 radical (unpaired) electrons. The van der Waals surface area contributed by atoms with Crippen molar-refractivity contribution >= 4 is 17.1 Å². The Morgan fingerprint density at radius 3 is 2.38 bits per heavy atom. The molecule has 78 valence electrons. The molecule has 0 heterocycles. The largest absolute Gasteiger partial charge is 0.616 e. The molecule has 0 aliphatic carbocycles. The van der Waals surface area contributed by atoms with Gasteiger partial charge in [0.15, 0.2) is 0 Å². The van der Waals surface area contributed by atoms with Crippen molar-refractivity contribution in [1.82, 2.24) is 0 Å². The van der Waals surface area contributed by atoms with E-state index in [9.17, 15) is 22.5 Å². The third kappa shape index (κ3) is 5.75. The van der Waals surface area contributed by atoms with E-state index in [-0.39, 0.29) is 0 Å². The lowest BCUT2D eigenvalue weighted by atomic mass is 10.5. The van der Waals surface area contributed by atoms with Crippen LogP contribution in [0.5, 0.6) is 0 Å². The molecule has 0 aliphatic rings. The molecule has 2 unspecified atom stereocenters. The van der Waals surface area contributed by atoms with Crippen molar-refractivity contribution < 1.29 is 27.6 Å². The third-order valence-electron chi connectivity index (χ3n) is 1.33. The summed E-state index contributed by atoms with van der Waals surface area (Å²) in [5.41, 5.74) is 0. The number of carbonyl (C=O) groups is 1. The molecule has 0 saturated heterocycles. The third-order valence-corrected chi connectivity index (χ3v) is 2.93. The van der Waals surface area contributed by atoms with Crippen LogP contribution in [0, 0.1) is 0 Å². The summed E-state index contributed by atoms with van der Waals surface area (Å²) in [5.74, 6) is -2.00. The second-order valence-electron chi connectivity index (χ2n) is 2.43. The van der Waals surface area contributed by atoms with Crippen molar-refractivity contribution in [3.05, 3.63) is 0 Å². The highest BCUT2D eigenvalue weighted by Gasteiger charge is 2.33. The average molecular weight is 218 g/mol. The summed E-state index contributed by atoms with van der Waals surface area (Å²) >= 11 is -1.96. The molecule has 0 aromatic carbocycles. The zero-order valence-electron chi connectivity index (χ0n) is 6.80. The lowest BCUT2D eigenvalue weighted by Crippen LogP contribution is -2.30. The first-order valence-corrected chi connectivity index (χ1v) is 4.79. The molecular formula is C6H9F3O3S. The zero-order valence-corrected chi connectivity index (χ0v) is 7.61. The van der Waals surface area contributed by atoms with E-state index >= 15 is 0 Å². The van der Waals surface area contributed by atoms with Gasteiger partial charge in [0.1, 0.15) is 5.75 Å². The van der Waals surface area contributed by atoms with Gasteiger partial charge >= 0.3 is 12.1 Å². The van der Waals surface area contributed by atoms with Crippen molar-refractivity contribution in [1.29, 1.82) is 0 Å². The first kappa shape index (κ1) is 12.6. The van der Waals surface area contributed by atoms with Crippen molar-refractivity contribution in [2.75, 3.05) is 5.75 Å². The van der Waals surface area contributed by atoms with Crippen molar-refractivity contribution in [2.24, 2.45) is 0 Å². The Balaban J connectivity index is 3.88. The normalized spacial score (nSPS) is 16.7. The van der Waals surface area contributed by atoms with E-state index in [1.54, 1.807) is 0 Å². The van der Waals surface area contributed by atoms with E-state index in [0.717, 1.165) is 6.92 Å². The van der Waals surface area contributed by atoms with E-state index in [4.69, 9.17) is 5.11 Å². The van der Waals surface area contributed by atoms with Gasteiger partial charge in [-0.1, -0.05) is 0 Å². The second-order valence-corrected chi connectivity index (χ2v) is 4.31. The lowest BCUT2D eigenvalue weighted by molar-refractivity contribution is -0.136. The second kappa shape index (κ2) is 4.71. The van der Waals surface area contributed by atoms with E-state index in [2.05, 4.69) is 0 Å². The average Bonchev–Trinajstić information content (AvgIpc) is 1.97. The number of carboxylic acids is 1. The van der Waals surface area contributed by atoms with Gasteiger partial charge in [-0.05, 0) is 18.1 Å². The van der Waals surface area contributed by atoms with Crippen LogP contribution in [0.1, 0.15) is 13.3 Å². The van der Waals surface area contributed by atoms with E-state index in [0.29, 0.717) is 0 Å². The van der Waals surface area contributed by atoms with Gasteiger partial charge in [-0.2, -0.15) is 13.2 Å². The molecule has 0 fully saturated rings. The highest BCUT2D eigenvalue weighted by Crippen LogP contribution is 2.21. The molecule has 2 atom stereocenters. The molecule has 0 rings (SSSR count). The fourth-order valence-electron chi connectivity index (χ4n) is 0.506. The molecule has 0 aliphatic heterocycles. The van der Waals surface area contributed by atoms with Crippen LogP contribution in [0.15, 0.2) is 0 Å². The van der Waals surface area contributed by atoms with Crippen molar-refractivity contribution in [3.63, 3.8) is 0 Å². The zero-order chi connectivity index (χ0) is 10.6. The number of hydrogen-bond donors (Lipinski definition) is 1. The fourth-order valence-corrected chi connectivity index (χ4v) is 1.52. The van der Waals surface area contributed by atoms with Gasteiger partial charge in [0.05, 0.1) is 6.42 Å². The summed E-state index contributed by atoms with van der Waals surface area (Å²) < 4.78 is 45.7. The van der Waals surface area contributed by atoms with Crippen molar-refractivity contribution in [3.8, 4) is 0 Å². The van der Waals surface area contributed by atoms with Gasteiger partial charge in [-0.25, -0.2) is 4.79 Å². The van der Waals surface area contributed by atoms with E-state index in [1.165, 1.54) is 0 Å². The van der Waals surface area contributed by atoms with Crippen LogP contribution in [-0.4, -0.2) is 32.8 Å². The Morgan fingerprint density at radius 1 is 1.62 bits per heavy atom. The topological polar surface area (TPSA) is 60.4 Å². The van der Waals surface area contributed by atoms with Crippen LogP contribution in [0.25, 0.3) is 0 Å². The smallest absolute Gasteiger partial charge is 0.393 e. The summed E-state index contributed by atoms with van der Waals surface area (Å²) in [4.78, 5) is 10.2. The lowest BCUT2D eigenvalue weighted by Gasteiger charge is -2.15. The summed E-state index contributed by atoms with van der Waals surface area (Å²) in [6.07, 6.45) is -5.59. The molecule has 0 aromatic heterocycles. The van der Waals surface area contributed by atoms with E-state index in [1.807, 2.05) is 0 Å². The molecular weight excluding hydrogens is 209 g/mol. The molecule has 0 spiro atoms. The number of aliphatic carboxylic acids is 1. The number of alkyl halides is 3. The van der Waals surface area contributed by atoms with Crippen LogP contribution < -0.4 is 0 Å². The fraction of sp³-hybridized carbons (Fsp3) is 0.833. The van der Waals surface area contributed by atoms with E-state index < -0.39 is 40.7 Å². The van der Waals surface area contributed by atoms with Crippen LogP contribution in [0.3, 0.4) is 0 Å². The minimum atomic E-state index is -4.38. The van der Waals surface area contributed by atoms with Crippen LogP contribution in [0.4, 0.5) is 13.2 Å². The molecule has 13 heavy (non-hydrogen) atoms. The van der Waals surface area contributed by atoms with Gasteiger partial charge in [-0.15, -0.1) is 0 Å². The Labute approximate surface area is 76.1 Å². The number of rotatable bonds is 4. The Kier molecular flexibility index (Phi) is 4.55. The molecule has 0 bridgehead atoms. The molecule has 0 aromatic rings. The van der Waals surface area contributed by atoms with Gasteiger partial charge in [0, 0.05) is 0 Å². The number of hydrogen-bond acceptors (Lipinski definition) is 2. The van der Waals surface area contributed by atoms with Gasteiger partial charge in [-0.3, -0.25) is 0 Å². The number of halogens is 3. The highest BCUT2D eigenvalue weighted by molar-refractivity contribution is 7.92. The maximum absolute atomic E-state index is 11.6. The standard InChI is InChI=1S/C6H9F3O3S/c1-4(5(10)11)13(12)3-2-6(7,8)9/h4H,2-3H2,1H3,(H,10,11). The molecule has 0 amide bonds. The monoisotopic (exact) mass is 218 g/mol. The maximum atomic E-state index is 11.6. The molecule has 1 N–H and O–H groups in total. The minimum Gasteiger partial charge on any atom is -0.616 e. The minimum absolute atomic E-state index is 0.656. The predicted molar refractivity (Wildman–Crippen MR) is 40.8 cm³/mol. The first-order chi connectivity index (χ1) is 5.74. The quantitative estimate of drug-likeness (QED) is 0.720. The Morgan fingerprint density at radius 2 is 2.08 bits per heavy atom. The first-order valence-electron chi connectivity index (χ1n) is 3.41. The summed E-state index contributed by atoms with van der Waals surface area (Å²) in [7, 11) is 0. The maximum Gasteiger partial charge on any atom is 0.393 e. The number of carboxylic acid groups (broad SMARTS) is 1. The van der Waals surface area contributed by atoms with Crippen molar-refractivity contribution in [2.45, 2.75) is 24.8 Å². The SMILES string of the molecule is CC(C(=O)O)[S+]([O-])CCC(F)(F)F. The highest BCUT2D eigenvalue weighted by atomic mass is 32.2. The molecule has 3 nitrogen and oxygen atoms in total. The van der Waals surface area contributed by atoms with Crippen LogP contribution >= 0.6 is 0 Å². The van der Waals surface area contributed by atoms with Crippen LogP contribution in [0.2, 0.25) is 0 Å². The van der Waals surface area contributed by atoms with Gasteiger partial charge < -0.3 is 9.66 Å².